The van der Waals surface area contributed by atoms with Gasteiger partial charge >= 0.3 is 5.97 Å². The first-order chi connectivity index (χ1) is 9.22. The van der Waals surface area contributed by atoms with Crippen LogP contribution in [0, 0.1) is 0 Å². The second-order valence-corrected chi connectivity index (χ2v) is 3.75. The maximum atomic E-state index is 11.2. The van der Waals surface area contributed by atoms with Crippen molar-refractivity contribution in [1.29, 1.82) is 0 Å². The van der Waals surface area contributed by atoms with Crippen LogP contribution in [0.15, 0.2) is 30.5 Å². The quantitative estimate of drug-likeness (QED) is 0.621. The number of ether oxygens (including phenoxy) is 2. The molecular formula is C14H14N2O3. The van der Waals surface area contributed by atoms with Crippen LogP contribution in [0.25, 0.3) is 17.1 Å². The van der Waals surface area contributed by atoms with Crippen LogP contribution < -0.4 is 4.74 Å². The first-order valence-corrected chi connectivity index (χ1v) is 5.88. The lowest BCUT2D eigenvalue weighted by Gasteiger charge is -2.01. The number of hydrogen-bond acceptors (Lipinski definition) is 5. The number of carbonyl (C=O) groups is 1. The molecule has 0 saturated carbocycles. The molecule has 98 valence electrons. The van der Waals surface area contributed by atoms with E-state index in [-0.39, 0.29) is 5.97 Å². The molecule has 0 radical (unpaired) electrons. The molecule has 0 N–H and O–H groups in total. The van der Waals surface area contributed by atoms with E-state index in [0.29, 0.717) is 18.0 Å². The van der Waals surface area contributed by atoms with Gasteiger partial charge in [0, 0.05) is 6.08 Å². The van der Waals surface area contributed by atoms with E-state index in [2.05, 4.69) is 9.97 Å². The average Bonchev–Trinajstić information content (AvgIpc) is 2.44. The minimum absolute atomic E-state index is 0.362. The van der Waals surface area contributed by atoms with Gasteiger partial charge in [-0.25, -0.2) is 14.8 Å². The average molecular weight is 258 g/mol. The Kier molecular flexibility index (Phi) is 4.07. The topological polar surface area (TPSA) is 61.3 Å². The molecule has 0 aliphatic heterocycles. The second-order valence-electron chi connectivity index (χ2n) is 3.75. The number of hydrogen-bond donors (Lipinski definition) is 0. The summed E-state index contributed by atoms with van der Waals surface area (Å²) in [5.41, 5.74) is 2.34. The van der Waals surface area contributed by atoms with Gasteiger partial charge in [-0.1, -0.05) is 6.07 Å². The molecule has 5 heteroatoms. The molecule has 0 saturated heterocycles. The Hall–Kier alpha value is -2.43. The highest BCUT2D eigenvalue weighted by atomic mass is 16.5. The van der Waals surface area contributed by atoms with Gasteiger partial charge in [0.05, 0.1) is 30.9 Å². The largest absolute Gasteiger partial charge is 0.480 e. The third-order valence-corrected chi connectivity index (χ3v) is 2.45. The Morgan fingerprint density at radius 2 is 2.21 bits per heavy atom. The Morgan fingerprint density at radius 3 is 2.95 bits per heavy atom. The summed E-state index contributed by atoms with van der Waals surface area (Å²) in [5.74, 6) is 0.0957. The summed E-state index contributed by atoms with van der Waals surface area (Å²) in [6.45, 7) is 2.13. The molecule has 19 heavy (non-hydrogen) atoms. The van der Waals surface area contributed by atoms with Gasteiger partial charge < -0.3 is 9.47 Å². The second kappa shape index (κ2) is 5.95. The highest BCUT2D eigenvalue weighted by Gasteiger charge is 2.01. The number of esters is 1. The van der Waals surface area contributed by atoms with Crippen LogP contribution >= 0.6 is 0 Å². The highest BCUT2D eigenvalue weighted by Crippen LogP contribution is 2.16. The van der Waals surface area contributed by atoms with Crippen LogP contribution in [-0.4, -0.2) is 29.7 Å². The van der Waals surface area contributed by atoms with Gasteiger partial charge in [0.25, 0.3) is 0 Å². The minimum atomic E-state index is -0.362. The number of benzene rings is 1. The number of fused-ring (bicyclic) bond motifs is 1. The van der Waals surface area contributed by atoms with Gasteiger partial charge in [-0.3, -0.25) is 0 Å². The van der Waals surface area contributed by atoms with Crippen LogP contribution in [0.4, 0.5) is 0 Å². The fraction of sp³-hybridized carbons (Fsp3) is 0.214. The molecule has 0 atom stereocenters. The van der Waals surface area contributed by atoms with E-state index in [0.717, 1.165) is 11.1 Å². The molecule has 2 rings (SSSR count). The van der Waals surface area contributed by atoms with Crippen LogP contribution in [0.1, 0.15) is 12.5 Å². The van der Waals surface area contributed by atoms with Crippen molar-refractivity contribution in [3.8, 4) is 5.88 Å². The number of nitrogens with zero attached hydrogens (tertiary/aromatic N) is 2. The van der Waals surface area contributed by atoms with Crippen molar-refractivity contribution in [2.75, 3.05) is 13.7 Å². The van der Waals surface area contributed by atoms with Crippen molar-refractivity contribution in [1.82, 2.24) is 9.97 Å². The summed E-state index contributed by atoms with van der Waals surface area (Å²) in [5, 5.41) is 0. The summed E-state index contributed by atoms with van der Waals surface area (Å²) >= 11 is 0. The lowest BCUT2D eigenvalue weighted by molar-refractivity contribution is -0.137. The number of rotatable bonds is 4. The van der Waals surface area contributed by atoms with E-state index in [1.807, 2.05) is 18.2 Å². The normalized spacial score (nSPS) is 10.8. The van der Waals surface area contributed by atoms with E-state index in [9.17, 15) is 4.79 Å². The Bertz CT molecular complexity index is 623. The van der Waals surface area contributed by atoms with Crippen molar-refractivity contribution in [3.05, 3.63) is 36.0 Å². The Labute approximate surface area is 110 Å². The van der Waals surface area contributed by atoms with Crippen molar-refractivity contribution >= 4 is 23.1 Å². The Morgan fingerprint density at radius 1 is 1.37 bits per heavy atom. The molecule has 0 fully saturated rings. The number of carbonyl (C=O) groups excluding carboxylic acids is 1. The van der Waals surface area contributed by atoms with Crippen molar-refractivity contribution in [3.63, 3.8) is 0 Å². The van der Waals surface area contributed by atoms with Crippen molar-refractivity contribution in [2.45, 2.75) is 6.92 Å². The summed E-state index contributed by atoms with van der Waals surface area (Å²) in [6.07, 6.45) is 4.63. The van der Waals surface area contributed by atoms with E-state index in [1.165, 1.54) is 6.08 Å². The van der Waals surface area contributed by atoms with Gasteiger partial charge in [-0.2, -0.15) is 0 Å². The fourth-order valence-corrected chi connectivity index (χ4v) is 1.57. The maximum absolute atomic E-state index is 11.2. The SMILES string of the molecule is CCOC(=O)/C=C/c1ccc2ncc(OC)nc2c1. The van der Waals surface area contributed by atoms with Gasteiger partial charge in [0.2, 0.25) is 5.88 Å². The van der Waals surface area contributed by atoms with E-state index < -0.39 is 0 Å². The van der Waals surface area contributed by atoms with Crippen LogP contribution in [0.3, 0.4) is 0 Å². The van der Waals surface area contributed by atoms with E-state index >= 15 is 0 Å². The van der Waals surface area contributed by atoms with Gasteiger partial charge in [-0.15, -0.1) is 0 Å². The monoisotopic (exact) mass is 258 g/mol. The summed E-state index contributed by atoms with van der Waals surface area (Å²) < 4.78 is 9.84. The molecule has 0 aliphatic rings. The molecule has 1 aromatic carbocycles. The predicted octanol–water partition coefficient (Wildman–Crippen LogP) is 2.21. The lowest BCUT2D eigenvalue weighted by Crippen LogP contribution is -1.98. The first kappa shape index (κ1) is 13.0. The third kappa shape index (κ3) is 3.28. The zero-order valence-corrected chi connectivity index (χ0v) is 10.8. The molecule has 1 heterocycles. The summed E-state index contributed by atoms with van der Waals surface area (Å²) in [4.78, 5) is 19.7. The summed E-state index contributed by atoms with van der Waals surface area (Å²) in [6, 6.07) is 5.53. The standard InChI is InChI=1S/C14H14N2O3/c1-3-19-14(17)7-5-10-4-6-11-12(8-10)16-13(18-2)9-15-11/h4-9H,3H2,1-2H3/b7-5+. The van der Waals surface area contributed by atoms with Crippen molar-refractivity contribution < 1.29 is 14.3 Å². The highest BCUT2D eigenvalue weighted by molar-refractivity contribution is 5.88. The van der Waals surface area contributed by atoms with Gasteiger partial charge in [0.1, 0.15) is 0 Å². The van der Waals surface area contributed by atoms with Crippen molar-refractivity contribution in [2.24, 2.45) is 0 Å². The van der Waals surface area contributed by atoms with Gasteiger partial charge in [-0.05, 0) is 30.7 Å². The predicted molar refractivity (Wildman–Crippen MR) is 71.8 cm³/mol. The zero-order chi connectivity index (χ0) is 13.7. The summed E-state index contributed by atoms with van der Waals surface area (Å²) in [7, 11) is 1.54. The Balaban J connectivity index is 2.27. The molecule has 0 aliphatic carbocycles. The molecule has 0 bridgehead atoms. The molecule has 0 amide bonds. The van der Waals surface area contributed by atoms with E-state index in [4.69, 9.17) is 9.47 Å². The fourth-order valence-electron chi connectivity index (χ4n) is 1.57. The first-order valence-electron chi connectivity index (χ1n) is 5.88. The lowest BCUT2D eigenvalue weighted by atomic mass is 10.2. The van der Waals surface area contributed by atoms with Crippen LogP contribution in [0.2, 0.25) is 0 Å². The third-order valence-electron chi connectivity index (χ3n) is 2.45. The minimum Gasteiger partial charge on any atom is -0.480 e. The molecule has 0 spiro atoms. The molecule has 0 unspecified atom stereocenters. The van der Waals surface area contributed by atoms with Crippen LogP contribution in [0.5, 0.6) is 5.88 Å². The molecule has 2 aromatic rings. The number of aromatic nitrogens is 2. The molecule has 1 aromatic heterocycles. The smallest absolute Gasteiger partial charge is 0.330 e. The van der Waals surface area contributed by atoms with E-state index in [1.54, 1.807) is 26.3 Å². The maximum Gasteiger partial charge on any atom is 0.330 e. The molecule has 5 nitrogen and oxygen atoms in total. The van der Waals surface area contributed by atoms with Crippen LogP contribution in [-0.2, 0) is 9.53 Å². The van der Waals surface area contributed by atoms with Gasteiger partial charge in [0.15, 0.2) is 0 Å². The zero-order valence-electron chi connectivity index (χ0n) is 10.8. The number of methoxy groups -OCH3 is 1. The molecular weight excluding hydrogens is 244 g/mol.